The number of carbonyl (C=O) groups is 1. The van der Waals surface area contributed by atoms with Crippen molar-refractivity contribution in [3.8, 4) is 34.4 Å². The largest absolute Gasteiger partial charge is 0.444 e. The lowest BCUT2D eigenvalue weighted by molar-refractivity contribution is 0.0216. The highest BCUT2D eigenvalue weighted by molar-refractivity contribution is 5.73. The summed E-state index contributed by atoms with van der Waals surface area (Å²) < 4.78 is 5.75. The highest BCUT2D eigenvalue weighted by Gasteiger charge is 2.23. The number of hydrogen-bond acceptors (Lipinski definition) is 4. The van der Waals surface area contributed by atoms with Gasteiger partial charge in [-0.25, -0.2) is 4.79 Å². The van der Waals surface area contributed by atoms with E-state index in [1.165, 1.54) is 0 Å². The first-order chi connectivity index (χ1) is 18.3. The minimum atomic E-state index is -0.642. The fraction of sp³-hybridized carbons (Fsp3) is 0.182. The Morgan fingerprint density at radius 2 is 1.16 bits per heavy atom. The van der Waals surface area contributed by atoms with E-state index in [4.69, 9.17) is 4.74 Å². The zero-order valence-corrected chi connectivity index (χ0v) is 21.8. The summed E-state index contributed by atoms with van der Waals surface area (Å²) in [5, 5.41) is 19.1. The van der Waals surface area contributed by atoms with Crippen molar-refractivity contribution in [2.75, 3.05) is 0 Å². The first kappa shape index (κ1) is 26.2. The van der Waals surface area contributed by atoms with Crippen LogP contribution in [0, 0.1) is 22.7 Å². The van der Waals surface area contributed by atoms with Crippen LogP contribution in [0.25, 0.3) is 22.3 Å². The zero-order valence-electron chi connectivity index (χ0n) is 21.8. The molecule has 0 aliphatic carbocycles. The van der Waals surface area contributed by atoms with Gasteiger partial charge in [0.15, 0.2) is 0 Å². The third-order valence-electron chi connectivity index (χ3n) is 5.97. The molecule has 0 saturated heterocycles. The normalized spacial score (nSPS) is 10.8. The SMILES string of the molecule is CC(C)(C)OC(=O)N(Cc1cccc(-c2ccccc2C#N)c1)Cc1cccc(-c2ccccc2C#N)c1. The second kappa shape index (κ2) is 11.5. The number of nitrogens with zero attached hydrogens (tertiary/aromatic N) is 3. The van der Waals surface area contributed by atoms with E-state index in [-0.39, 0.29) is 0 Å². The van der Waals surface area contributed by atoms with Gasteiger partial charge >= 0.3 is 6.09 Å². The third kappa shape index (κ3) is 6.46. The molecule has 0 N–H and O–H groups in total. The van der Waals surface area contributed by atoms with Gasteiger partial charge in [0, 0.05) is 13.1 Å². The second-order valence-electron chi connectivity index (χ2n) is 10.1. The van der Waals surface area contributed by atoms with Crippen LogP contribution in [-0.2, 0) is 17.8 Å². The van der Waals surface area contributed by atoms with Crippen LogP contribution in [0.15, 0.2) is 97.1 Å². The molecule has 0 saturated carbocycles. The fourth-order valence-electron chi connectivity index (χ4n) is 4.29. The Balaban J connectivity index is 1.66. The number of amides is 1. The summed E-state index contributed by atoms with van der Waals surface area (Å²) in [4.78, 5) is 15.0. The first-order valence-electron chi connectivity index (χ1n) is 12.4. The minimum absolute atomic E-state index is 0.330. The number of carbonyl (C=O) groups excluding carboxylic acids is 1. The Bertz CT molecular complexity index is 1430. The first-order valence-corrected chi connectivity index (χ1v) is 12.4. The second-order valence-corrected chi connectivity index (χ2v) is 10.1. The van der Waals surface area contributed by atoms with Crippen LogP contribution in [0.5, 0.6) is 0 Å². The van der Waals surface area contributed by atoms with Gasteiger partial charge in [0.05, 0.1) is 23.3 Å². The van der Waals surface area contributed by atoms with Crippen molar-refractivity contribution in [3.05, 3.63) is 119 Å². The van der Waals surface area contributed by atoms with Crippen molar-refractivity contribution in [1.82, 2.24) is 4.90 Å². The molecule has 1 amide bonds. The van der Waals surface area contributed by atoms with Crippen LogP contribution in [-0.4, -0.2) is 16.6 Å². The minimum Gasteiger partial charge on any atom is -0.444 e. The van der Waals surface area contributed by atoms with Crippen molar-refractivity contribution in [3.63, 3.8) is 0 Å². The summed E-state index contributed by atoms with van der Waals surface area (Å²) in [6.07, 6.45) is -0.414. The summed E-state index contributed by atoms with van der Waals surface area (Å²) in [5.74, 6) is 0. The van der Waals surface area contributed by atoms with E-state index in [0.717, 1.165) is 33.4 Å². The molecule has 5 heteroatoms. The van der Waals surface area contributed by atoms with Gasteiger partial charge in [0.2, 0.25) is 0 Å². The van der Waals surface area contributed by atoms with Crippen LogP contribution in [0.2, 0.25) is 0 Å². The Morgan fingerprint density at radius 1 is 0.711 bits per heavy atom. The average molecular weight is 500 g/mol. The molecule has 4 rings (SSSR count). The average Bonchev–Trinajstić information content (AvgIpc) is 2.92. The van der Waals surface area contributed by atoms with Gasteiger partial charge in [0.25, 0.3) is 0 Å². The lowest BCUT2D eigenvalue weighted by Crippen LogP contribution is -2.36. The third-order valence-corrected chi connectivity index (χ3v) is 5.97. The Labute approximate surface area is 224 Å². The smallest absolute Gasteiger partial charge is 0.410 e. The van der Waals surface area contributed by atoms with E-state index < -0.39 is 11.7 Å². The molecule has 5 nitrogen and oxygen atoms in total. The van der Waals surface area contributed by atoms with Crippen molar-refractivity contribution in [2.24, 2.45) is 0 Å². The maximum Gasteiger partial charge on any atom is 0.410 e. The number of hydrogen-bond donors (Lipinski definition) is 0. The summed E-state index contributed by atoms with van der Waals surface area (Å²) in [6, 6.07) is 35.2. The summed E-state index contributed by atoms with van der Waals surface area (Å²) in [6.45, 7) is 6.21. The molecule has 0 fully saturated rings. The summed E-state index contributed by atoms with van der Waals surface area (Å²) >= 11 is 0. The molecule has 4 aromatic carbocycles. The maximum absolute atomic E-state index is 13.3. The summed E-state index contributed by atoms with van der Waals surface area (Å²) in [5.41, 5.74) is 5.94. The highest BCUT2D eigenvalue weighted by atomic mass is 16.6. The molecule has 0 radical (unpaired) electrons. The van der Waals surface area contributed by atoms with Crippen LogP contribution in [0.4, 0.5) is 4.79 Å². The van der Waals surface area contributed by atoms with E-state index in [0.29, 0.717) is 24.2 Å². The standard InChI is InChI=1S/C33H29N3O2/c1-33(2,3)38-32(37)36(22-24-10-8-14-26(18-24)30-16-6-4-12-28(30)20-34)23-25-11-9-15-27(19-25)31-17-7-5-13-29(31)21-35/h4-19H,22-23H2,1-3H3. The van der Waals surface area contributed by atoms with E-state index in [1.807, 2.05) is 106 Å². The van der Waals surface area contributed by atoms with Crippen molar-refractivity contribution < 1.29 is 9.53 Å². The fourth-order valence-corrected chi connectivity index (χ4v) is 4.29. The van der Waals surface area contributed by atoms with Crippen LogP contribution < -0.4 is 0 Å². The van der Waals surface area contributed by atoms with Gasteiger partial charge in [0.1, 0.15) is 5.60 Å². The van der Waals surface area contributed by atoms with Crippen molar-refractivity contribution in [1.29, 1.82) is 10.5 Å². The number of nitriles is 2. The molecule has 0 unspecified atom stereocenters. The lowest BCUT2D eigenvalue weighted by Gasteiger charge is -2.28. The lowest BCUT2D eigenvalue weighted by atomic mass is 9.98. The van der Waals surface area contributed by atoms with Gasteiger partial charge in [-0.2, -0.15) is 10.5 Å². The Kier molecular flexibility index (Phi) is 7.90. The molecule has 0 spiro atoms. The summed E-state index contributed by atoms with van der Waals surface area (Å²) in [7, 11) is 0. The molecule has 188 valence electrons. The van der Waals surface area contributed by atoms with Gasteiger partial charge in [-0.3, -0.25) is 4.90 Å². The van der Waals surface area contributed by atoms with Gasteiger partial charge in [-0.05, 0) is 78.4 Å². The number of rotatable bonds is 6. The van der Waals surface area contributed by atoms with Crippen LogP contribution in [0.3, 0.4) is 0 Å². The molecule has 0 atom stereocenters. The predicted molar refractivity (Wildman–Crippen MR) is 149 cm³/mol. The molecule has 0 aliphatic heterocycles. The van der Waals surface area contributed by atoms with Crippen LogP contribution in [0.1, 0.15) is 43.0 Å². The van der Waals surface area contributed by atoms with Gasteiger partial charge < -0.3 is 4.74 Å². The van der Waals surface area contributed by atoms with E-state index >= 15 is 0 Å². The van der Waals surface area contributed by atoms with E-state index in [9.17, 15) is 15.3 Å². The molecule has 0 bridgehead atoms. The molecule has 0 aromatic heterocycles. The van der Waals surface area contributed by atoms with Crippen molar-refractivity contribution >= 4 is 6.09 Å². The van der Waals surface area contributed by atoms with Crippen molar-refractivity contribution in [2.45, 2.75) is 39.5 Å². The zero-order chi connectivity index (χ0) is 27.1. The Morgan fingerprint density at radius 3 is 1.58 bits per heavy atom. The monoisotopic (exact) mass is 499 g/mol. The molecular weight excluding hydrogens is 470 g/mol. The molecule has 0 aliphatic rings. The molecule has 38 heavy (non-hydrogen) atoms. The quantitative estimate of drug-likeness (QED) is 0.272. The molecular formula is C33H29N3O2. The van der Waals surface area contributed by atoms with E-state index in [2.05, 4.69) is 12.1 Å². The number of benzene rings is 4. The number of ether oxygens (including phenoxy) is 1. The Hall–Kier alpha value is -4.87. The molecule has 0 heterocycles. The van der Waals surface area contributed by atoms with Gasteiger partial charge in [-0.1, -0.05) is 72.8 Å². The van der Waals surface area contributed by atoms with E-state index in [1.54, 1.807) is 17.0 Å². The maximum atomic E-state index is 13.3. The highest BCUT2D eigenvalue weighted by Crippen LogP contribution is 2.27. The van der Waals surface area contributed by atoms with Crippen LogP contribution >= 0.6 is 0 Å². The predicted octanol–water partition coefficient (Wildman–Crippen LogP) is 7.70. The topological polar surface area (TPSA) is 77.1 Å². The molecule has 4 aromatic rings. The van der Waals surface area contributed by atoms with Gasteiger partial charge in [-0.15, -0.1) is 0 Å².